The molecule has 0 bridgehead atoms. The third-order valence-corrected chi connectivity index (χ3v) is 4.69. The summed E-state index contributed by atoms with van der Waals surface area (Å²) in [5.74, 6) is 0. The van der Waals surface area contributed by atoms with Crippen LogP contribution in [-0.4, -0.2) is 37.1 Å². The van der Waals surface area contributed by atoms with E-state index in [0.29, 0.717) is 6.04 Å². The Balaban J connectivity index is 2.98. The Hall–Kier alpha value is -0.570. The van der Waals surface area contributed by atoms with E-state index in [1.54, 1.807) is 0 Å². The van der Waals surface area contributed by atoms with Crippen LogP contribution in [0.3, 0.4) is 0 Å². The van der Waals surface area contributed by atoms with E-state index in [-0.39, 0.29) is 5.54 Å². The van der Waals surface area contributed by atoms with Gasteiger partial charge in [-0.2, -0.15) is 0 Å². The number of nitrogens with zero attached hydrogens (tertiary/aromatic N) is 1. The van der Waals surface area contributed by atoms with Crippen LogP contribution in [0.4, 0.5) is 0 Å². The van der Waals surface area contributed by atoms with E-state index in [1.165, 1.54) is 5.56 Å². The molecular formula is C16H27ClN2. The van der Waals surface area contributed by atoms with Gasteiger partial charge in [-0.1, -0.05) is 43.6 Å². The standard InChI is InChI=1S/C16H27ClN2/c1-6-16(3,19(4)5)15(18-7-2)12-13-10-8-9-11-14(13)17/h8-11,15,18H,6-7,12H2,1-5H3. The smallest absolute Gasteiger partial charge is 0.0438 e. The summed E-state index contributed by atoms with van der Waals surface area (Å²) in [6, 6.07) is 8.52. The van der Waals surface area contributed by atoms with Crippen LogP contribution in [0.25, 0.3) is 0 Å². The molecule has 0 fully saturated rings. The molecule has 108 valence electrons. The molecule has 2 unspecified atom stereocenters. The lowest BCUT2D eigenvalue weighted by molar-refractivity contribution is 0.113. The average Bonchev–Trinajstić information content (AvgIpc) is 2.39. The lowest BCUT2D eigenvalue weighted by Gasteiger charge is -2.43. The summed E-state index contributed by atoms with van der Waals surface area (Å²) in [6.07, 6.45) is 2.05. The predicted molar refractivity (Wildman–Crippen MR) is 85.0 cm³/mol. The molecule has 0 aliphatic rings. The highest BCUT2D eigenvalue weighted by molar-refractivity contribution is 6.31. The minimum absolute atomic E-state index is 0.120. The van der Waals surface area contributed by atoms with Gasteiger partial charge in [0, 0.05) is 16.6 Å². The first-order chi connectivity index (χ1) is 8.95. The number of hydrogen-bond acceptors (Lipinski definition) is 2. The molecule has 2 atom stereocenters. The number of hydrogen-bond donors (Lipinski definition) is 1. The Morgan fingerprint density at radius 3 is 2.37 bits per heavy atom. The Labute approximate surface area is 123 Å². The lowest BCUT2D eigenvalue weighted by atomic mass is 9.84. The largest absolute Gasteiger partial charge is 0.312 e. The second kappa shape index (κ2) is 7.28. The third kappa shape index (κ3) is 3.95. The summed E-state index contributed by atoms with van der Waals surface area (Å²) < 4.78 is 0. The molecule has 0 aromatic heterocycles. The molecule has 3 heteroatoms. The van der Waals surface area contributed by atoms with E-state index in [9.17, 15) is 0 Å². The number of rotatable bonds is 7. The zero-order valence-corrected chi connectivity index (χ0v) is 13.6. The number of likely N-dealkylation sites (N-methyl/N-ethyl adjacent to an activating group) is 2. The molecular weight excluding hydrogens is 256 g/mol. The number of halogens is 1. The zero-order chi connectivity index (χ0) is 14.5. The van der Waals surface area contributed by atoms with Gasteiger partial charge >= 0.3 is 0 Å². The van der Waals surface area contributed by atoms with Crippen LogP contribution in [0.1, 0.15) is 32.8 Å². The van der Waals surface area contributed by atoms with Gasteiger partial charge in [0.15, 0.2) is 0 Å². The number of nitrogens with one attached hydrogen (secondary N) is 1. The van der Waals surface area contributed by atoms with Crippen molar-refractivity contribution >= 4 is 11.6 Å². The molecule has 0 saturated heterocycles. The van der Waals surface area contributed by atoms with Crippen molar-refractivity contribution in [2.75, 3.05) is 20.6 Å². The van der Waals surface area contributed by atoms with Gasteiger partial charge in [0.1, 0.15) is 0 Å². The molecule has 19 heavy (non-hydrogen) atoms. The summed E-state index contributed by atoms with van der Waals surface area (Å²) in [5, 5.41) is 4.49. The van der Waals surface area contributed by atoms with Gasteiger partial charge in [-0.25, -0.2) is 0 Å². The minimum Gasteiger partial charge on any atom is -0.312 e. The van der Waals surface area contributed by atoms with Gasteiger partial charge in [-0.15, -0.1) is 0 Å². The molecule has 1 rings (SSSR count). The highest BCUT2D eigenvalue weighted by atomic mass is 35.5. The maximum atomic E-state index is 6.30. The van der Waals surface area contributed by atoms with Gasteiger partial charge in [0.05, 0.1) is 0 Å². The SMILES string of the molecule is CCNC(Cc1ccccc1Cl)C(C)(CC)N(C)C. The van der Waals surface area contributed by atoms with Crippen molar-refractivity contribution in [2.24, 2.45) is 0 Å². The fourth-order valence-electron chi connectivity index (χ4n) is 2.52. The molecule has 1 aromatic rings. The van der Waals surface area contributed by atoms with Crippen LogP contribution < -0.4 is 5.32 Å². The summed E-state index contributed by atoms with van der Waals surface area (Å²) in [7, 11) is 4.31. The van der Waals surface area contributed by atoms with Gasteiger partial charge in [0.25, 0.3) is 0 Å². The first kappa shape index (κ1) is 16.5. The molecule has 0 aliphatic carbocycles. The Morgan fingerprint density at radius 2 is 1.89 bits per heavy atom. The van der Waals surface area contributed by atoms with E-state index >= 15 is 0 Å². The van der Waals surface area contributed by atoms with E-state index < -0.39 is 0 Å². The predicted octanol–water partition coefficient (Wildman–Crippen LogP) is 3.59. The van der Waals surface area contributed by atoms with Gasteiger partial charge in [-0.05, 0) is 52.0 Å². The van der Waals surface area contributed by atoms with Crippen molar-refractivity contribution in [1.82, 2.24) is 10.2 Å². The zero-order valence-electron chi connectivity index (χ0n) is 12.8. The Morgan fingerprint density at radius 1 is 1.26 bits per heavy atom. The fourth-order valence-corrected chi connectivity index (χ4v) is 2.73. The lowest BCUT2D eigenvalue weighted by Crippen LogP contribution is -2.57. The quantitative estimate of drug-likeness (QED) is 0.822. The molecule has 0 spiro atoms. The molecule has 0 radical (unpaired) electrons. The molecule has 0 saturated carbocycles. The first-order valence-corrected chi connectivity index (χ1v) is 7.47. The van der Waals surface area contributed by atoms with Crippen molar-refractivity contribution < 1.29 is 0 Å². The van der Waals surface area contributed by atoms with Crippen LogP contribution in [0, 0.1) is 0 Å². The van der Waals surface area contributed by atoms with Crippen LogP contribution in [0.15, 0.2) is 24.3 Å². The van der Waals surface area contributed by atoms with Crippen molar-refractivity contribution in [1.29, 1.82) is 0 Å². The van der Waals surface area contributed by atoms with E-state index in [0.717, 1.165) is 24.4 Å². The highest BCUT2D eigenvalue weighted by Crippen LogP contribution is 2.26. The minimum atomic E-state index is 0.120. The Kier molecular flexibility index (Phi) is 6.31. The van der Waals surface area contributed by atoms with Crippen molar-refractivity contribution in [3.8, 4) is 0 Å². The molecule has 0 amide bonds. The maximum Gasteiger partial charge on any atom is 0.0438 e. The molecule has 1 aromatic carbocycles. The molecule has 0 heterocycles. The van der Waals surface area contributed by atoms with Crippen LogP contribution >= 0.6 is 11.6 Å². The average molecular weight is 283 g/mol. The summed E-state index contributed by atoms with van der Waals surface area (Å²) in [5.41, 5.74) is 1.34. The highest BCUT2D eigenvalue weighted by Gasteiger charge is 2.34. The van der Waals surface area contributed by atoms with E-state index in [4.69, 9.17) is 11.6 Å². The second-order valence-corrected chi connectivity index (χ2v) is 5.92. The van der Waals surface area contributed by atoms with E-state index in [1.807, 2.05) is 12.1 Å². The first-order valence-electron chi connectivity index (χ1n) is 7.09. The van der Waals surface area contributed by atoms with Gasteiger partial charge in [-0.3, -0.25) is 0 Å². The fraction of sp³-hybridized carbons (Fsp3) is 0.625. The number of benzene rings is 1. The molecule has 2 nitrogen and oxygen atoms in total. The third-order valence-electron chi connectivity index (χ3n) is 4.32. The monoisotopic (exact) mass is 282 g/mol. The summed E-state index contributed by atoms with van der Waals surface area (Å²) in [6.45, 7) is 7.69. The summed E-state index contributed by atoms with van der Waals surface area (Å²) >= 11 is 6.30. The van der Waals surface area contributed by atoms with Crippen LogP contribution in [-0.2, 0) is 6.42 Å². The van der Waals surface area contributed by atoms with Crippen molar-refractivity contribution in [3.05, 3.63) is 34.9 Å². The van der Waals surface area contributed by atoms with Crippen molar-refractivity contribution in [3.63, 3.8) is 0 Å². The van der Waals surface area contributed by atoms with Gasteiger partial charge in [0.2, 0.25) is 0 Å². The molecule has 1 N–H and O–H groups in total. The maximum absolute atomic E-state index is 6.30. The normalized spacial score (nSPS) is 16.4. The Bertz CT molecular complexity index is 392. The van der Waals surface area contributed by atoms with Crippen LogP contribution in [0.2, 0.25) is 5.02 Å². The van der Waals surface area contributed by atoms with Crippen molar-refractivity contribution in [2.45, 2.75) is 45.2 Å². The topological polar surface area (TPSA) is 15.3 Å². The van der Waals surface area contributed by atoms with Crippen LogP contribution in [0.5, 0.6) is 0 Å². The van der Waals surface area contributed by atoms with Gasteiger partial charge < -0.3 is 10.2 Å². The second-order valence-electron chi connectivity index (χ2n) is 5.51. The summed E-state index contributed by atoms with van der Waals surface area (Å²) in [4.78, 5) is 2.32. The molecule has 0 aliphatic heterocycles. The van der Waals surface area contributed by atoms with E-state index in [2.05, 4.69) is 57.2 Å².